The molecule has 0 aliphatic rings. The third-order valence-electron chi connectivity index (χ3n) is 2.85. The summed E-state index contributed by atoms with van der Waals surface area (Å²) in [6, 6.07) is 11.5. The molecule has 0 saturated carbocycles. The van der Waals surface area contributed by atoms with Gasteiger partial charge in [-0.1, -0.05) is 0 Å². The molecule has 0 aliphatic carbocycles. The van der Waals surface area contributed by atoms with Crippen LogP contribution < -0.4 is 10.6 Å². The van der Waals surface area contributed by atoms with Gasteiger partial charge in [0.2, 0.25) is 0 Å². The fraction of sp³-hybridized carbons (Fsp3) is 0.0667. The van der Waals surface area contributed by atoms with Gasteiger partial charge in [0.1, 0.15) is 11.3 Å². The minimum absolute atomic E-state index is 0.286. The van der Waals surface area contributed by atoms with Crippen LogP contribution in [0.4, 0.5) is 15.8 Å². The second-order valence-electron chi connectivity index (χ2n) is 4.50. The summed E-state index contributed by atoms with van der Waals surface area (Å²) in [5.41, 5.74) is 3.01. The SMILES string of the molecule is Cc1nc2cc(NC(=S)Nc3ccc(F)cc3)ccc2o1. The average molecular weight is 301 g/mol. The molecule has 1 heterocycles. The molecule has 0 amide bonds. The summed E-state index contributed by atoms with van der Waals surface area (Å²) in [7, 11) is 0. The van der Waals surface area contributed by atoms with E-state index < -0.39 is 0 Å². The summed E-state index contributed by atoms with van der Waals surface area (Å²) in [5, 5.41) is 6.45. The lowest BCUT2D eigenvalue weighted by Gasteiger charge is -2.10. The van der Waals surface area contributed by atoms with Gasteiger partial charge in [-0.15, -0.1) is 0 Å². The van der Waals surface area contributed by atoms with Crippen LogP contribution in [0.2, 0.25) is 0 Å². The summed E-state index contributed by atoms with van der Waals surface area (Å²) in [5.74, 6) is 0.334. The monoisotopic (exact) mass is 301 g/mol. The molecule has 0 bridgehead atoms. The number of halogens is 1. The van der Waals surface area contributed by atoms with Gasteiger partial charge < -0.3 is 15.1 Å². The molecule has 106 valence electrons. The Hall–Kier alpha value is -2.47. The molecule has 2 N–H and O–H groups in total. The lowest BCUT2D eigenvalue weighted by Crippen LogP contribution is -2.18. The first-order valence-electron chi connectivity index (χ1n) is 6.31. The van der Waals surface area contributed by atoms with Crippen LogP contribution in [-0.2, 0) is 0 Å². The van der Waals surface area contributed by atoms with Crippen molar-refractivity contribution in [3.8, 4) is 0 Å². The lowest BCUT2D eigenvalue weighted by atomic mass is 10.3. The number of hydrogen-bond acceptors (Lipinski definition) is 3. The molecule has 3 rings (SSSR count). The number of benzene rings is 2. The predicted molar refractivity (Wildman–Crippen MR) is 85.0 cm³/mol. The zero-order valence-corrected chi connectivity index (χ0v) is 12.0. The molecule has 21 heavy (non-hydrogen) atoms. The van der Waals surface area contributed by atoms with Gasteiger partial charge in [0.25, 0.3) is 0 Å². The largest absolute Gasteiger partial charge is 0.441 e. The van der Waals surface area contributed by atoms with Crippen molar-refractivity contribution >= 4 is 39.8 Å². The fourth-order valence-corrected chi connectivity index (χ4v) is 2.18. The Bertz CT molecular complexity index is 798. The number of aryl methyl sites for hydroxylation is 1. The minimum Gasteiger partial charge on any atom is -0.441 e. The summed E-state index contributed by atoms with van der Waals surface area (Å²) in [4.78, 5) is 4.26. The molecule has 6 heteroatoms. The Morgan fingerprint density at radius 1 is 1.10 bits per heavy atom. The number of aromatic nitrogens is 1. The molecule has 0 radical (unpaired) electrons. The van der Waals surface area contributed by atoms with Crippen LogP contribution in [0.1, 0.15) is 5.89 Å². The highest BCUT2D eigenvalue weighted by molar-refractivity contribution is 7.80. The second kappa shape index (κ2) is 5.49. The van der Waals surface area contributed by atoms with E-state index >= 15 is 0 Å². The first kappa shape index (κ1) is 13.5. The van der Waals surface area contributed by atoms with Gasteiger partial charge in [0.05, 0.1) is 0 Å². The van der Waals surface area contributed by atoms with E-state index in [0.29, 0.717) is 16.7 Å². The molecule has 3 aromatic rings. The van der Waals surface area contributed by atoms with Crippen molar-refractivity contribution in [2.45, 2.75) is 6.92 Å². The Morgan fingerprint density at radius 3 is 2.52 bits per heavy atom. The molecule has 1 aromatic heterocycles. The van der Waals surface area contributed by atoms with E-state index in [1.54, 1.807) is 19.1 Å². The van der Waals surface area contributed by atoms with Gasteiger partial charge in [0.15, 0.2) is 16.6 Å². The molecule has 0 unspecified atom stereocenters. The molecule has 0 atom stereocenters. The van der Waals surface area contributed by atoms with E-state index in [1.807, 2.05) is 18.2 Å². The number of anilines is 2. The summed E-state index contributed by atoms with van der Waals surface area (Å²) >= 11 is 5.22. The molecule has 2 aromatic carbocycles. The second-order valence-corrected chi connectivity index (χ2v) is 4.91. The lowest BCUT2D eigenvalue weighted by molar-refractivity contribution is 0.561. The number of oxazole rings is 1. The van der Waals surface area contributed by atoms with Gasteiger partial charge in [-0.25, -0.2) is 9.37 Å². The third-order valence-corrected chi connectivity index (χ3v) is 3.06. The number of fused-ring (bicyclic) bond motifs is 1. The van der Waals surface area contributed by atoms with Crippen molar-refractivity contribution in [1.82, 2.24) is 4.98 Å². The topological polar surface area (TPSA) is 50.1 Å². The van der Waals surface area contributed by atoms with Crippen LogP contribution >= 0.6 is 12.2 Å². The molecule has 0 spiro atoms. The first-order chi connectivity index (χ1) is 10.1. The zero-order chi connectivity index (χ0) is 14.8. The van der Waals surface area contributed by atoms with E-state index in [2.05, 4.69) is 15.6 Å². The Morgan fingerprint density at radius 2 is 1.76 bits per heavy atom. The molecular formula is C15H12FN3OS. The van der Waals surface area contributed by atoms with Crippen LogP contribution in [0, 0.1) is 12.7 Å². The van der Waals surface area contributed by atoms with Crippen LogP contribution in [0.3, 0.4) is 0 Å². The maximum absolute atomic E-state index is 12.8. The van der Waals surface area contributed by atoms with Gasteiger partial charge >= 0.3 is 0 Å². The maximum atomic E-state index is 12.8. The third kappa shape index (κ3) is 3.17. The van der Waals surface area contributed by atoms with Crippen LogP contribution in [0.15, 0.2) is 46.9 Å². The van der Waals surface area contributed by atoms with Gasteiger partial charge in [-0.3, -0.25) is 0 Å². The van der Waals surface area contributed by atoms with Crippen LogP contribution in [-0.4, -0.2) is 10.1 Å². The van der Waals surface area contributed by atoms with Crippen molar-refractivity contribution in [3.05, 3.63) is 54.2 Å². The highest BCUT2D eigenvalue weighted by atomic mass is 32.1. The fourth-order valence-electron chi connectivity index (χ4n) is 1.95. The smallest absolute Gasteiger partial charge is 0.192 e. The Labute approximate surface area is 126 Å². The van der Waals surface area contributed by atoms with E-state index in [9.17, 15) is 4.39 Å². The molecular weight excluding hydrogens is 289 g/mol. The Kier molecular flexibility index (Phi) is 3.53. The van der Waals surface area contributed by atoms with Crippen LogP contribution in [0.25, 0.3) is 11.1 Å². The quantitative estimate of drug-likeness (QED) is 0.698. The van der Waals surface area contributed by atoms with E-state index in [0.717, 1.165) is 16.8 Å². The van der Waals surface area contributed by atoms with Crippen molar-refractivity contribution in [2.75, 3.05) is 10.6 Å². The first-order valence-corrected chi connectivity index (χ1v) is 6.72. The minimum atomic E-state index is -0.286. The molecule has 0 aliphatic heterocycles. The average Bonchev–Trinajstić information content (AvgIpc) is 2.80. The summed E-state index contributed by atoms with van der Waals surface area (Å²) < 4.78 is 18.2. The van der Waals surface area contributed by atoms with Crippen LogP contribution in [0.5, 0.6) is 0 Å². The highest BCUT2D eigenvalue weighted by Gasteiger charge is 2.04. The number of hydrogen-bond donors (Lipinski definition) is 2. The van der Waals surface area contributed by atoms with Crippen molar-refractivity contribution in [2.24, 2.45) is 0 Å². The maximum Gasteiger partial charge on any atom is 0.192 e. The number of nitrogens with zero attached hydrogens (tertiary/aromatic N) is 1. The summed E-state index contributed by atoms with van der Waals surface area (Å²) in [6.07, 6.45) is 0. The number of thiocarbonyl (C=S) groups is 1. The molecule has 4 nitrogen and oxygen atoms in total. The zero-order valence-electron chi connectivity index (χ0n) is 11.2. The molecule has 0 saturated heterocycles. The standard InChI is InChI=1S/C15H12FN3OS/c1-9-17-13-8-12(6-7-14(13)20-9)19-15(21)18-11-4-2-10(16)3-5-11/h2-8H,1H3,(H2,18,19,21). The number of nitrogens with one attached hydrogen (secondary N) is 2. The van der Waals surface area contributed by atoms with E-state index in [4.69, 9.17) is 16.6 Å². The van der Waals surface area contributed by atoms with Crippen molar-refractivity contribution in [3.63, 3.8) is 0 Å². The van der Waals surface area contributed by atoms with E-state index in [1.165, 1.54) is 12.1 Å². The number of rotatable bonds is 2. The molecule has 0 fully saturated rings. The predicted octanol–water partition coefficient (Wildman–Crippen LogP) is 4.08. The van der Waals surface area contributed by atoms with Gasteiger partial charge in [0, 0.05) is 18.3 Å². The van der Waals surface area contributed by atoms with Gasteiger partial charge in [-0.2, -0.15) is 0 Å². The summed E-state index contributed by atoms with van der Waals surface area (Å²) in [6.45, 7) is 1.80. The van der Waals surface area contributed by atoms with Gasteiger partial charge in [-0.05, 0) is 54.7 Å². The van der Waals surface area contributed by atoms with E-state index in [-0.39, 0.29) is 5.82 Å². The van der Waals surface area contributed by atoms with Crippen molar-refractivity contribution in [1.29, 1.82) is 0 Å². The normalized spacial score (nSPS) is 10.6. The Balaban J connectivity index is 1.71. The van der Waals surface area contributed by atoms with Crippen molar-refractivity contribution < 1.29 is 8.81 Å². The highest BCUT2D eigenvalue weighted by Crippen LogP contribution is 2.20.